The second-order valence-corrected chi connectivity index (χ2v) is 7.24. The Morgan fingerprint density at radius 1 is 1.25 bits per heavy atom. The van der Waals surface area contributed by atoms with Crippen LogP contribution in [0.2, 0.25) is 0 Å². The van der Waals surface area contributed by atoms with Gasteiger partial charge in [-0.2, -0.15) is 0 Å². The van der Waals surface area contributed by atoms with E-state index in [-0.39, 0.29) is 11.3 Å². The van der Waals surface area contributed by atoms with Crippen molar-refractivity contribution in [1.82, 2.24) is 4.90 Å². The quantitative estimate of drug-likeness (QED) is 0.441. The first-order valence-electron chi connectivity index (χ1n) is 9.49. The molecule has 0 spiro atoms. The van der Waals surface area contributed by atoms with Crippen LogP contribution < -0.4 is 4.74 Å². The molecule has 1 N–H and O–H groups in total. The normalized spacial score (nSPS) is 18.9. The van der Waals surface area contributed by atoms with E-state index >= 15 is 0 Å². The average molecular weight is 383 g/mol. The molecule has 148 valence electrons. The molecule has 0 bridgehead atoms. The maximum absolute atomic E-state index is 12.7. The molecule has 1 aliphatic heterocycles. The van der Waals surface area contributed by atoms with Crippen LogP contribution in [0, 0.1) is 5.92 Å². The van der Waals surface area contributed by atoms with E-state index in [0.717, 1.165) is 0 Å². The molecule has 1 fully saturated rings. The highest BCUT2D eigenvalue weighted by atomic mass is 16.5. The first-order valence-corrected chi connectivity index (χ1v) is 9.49. The van der Waals surface area contributed by atoms with Crippen molar-refractivity contribution in [2.75, 3.05) is 13.2 Å². The number of nitrogens with zero attached hydrogens (tertiary/aromatic N) is 1. The lowest BCUT2D eigenvalue weighted by molar-refractivity contribution is -0.140. The molecule has 1 aliphatic rings. The van der Waals surface area contributed by atoms with Gasteiger partial charge in [0.25, 0.3) is 11.7 Å². The van der Waals surface area contributed by atoms with Gasteiger partial charge < -0.3 is 19.2 Å². The number of carbonyl (C=O) groups excluding carboxylic acids is 2. The summed E-state index contributed by atoms with van der Waals surface area (Å²) < 4.78 is 11.2. The van der Waals surface area contributed by atoms with E-state index in [4.69, 9.17) is 9.15 Å². The van der Waals surface area contributed by atoms with Gasteiger partial charge in [0.1, 0.15) is 23.3 Å². The van der Waals surface area contributed by atoms with Gasteiger partial charge in [0.2, 0.25) is 0 Å². The van der Waals surface area contributed by atoms with Gasteiger partial charge in [-0.25, -0.2) is 0 Å². The highest BCUT2D eigenvalue weighted by molar-refractivity contribution is 6.46. The Hall–Kier alpha value is -3.02. The number of amides is 1. The van der Waals surface area contributed by atoms with Crippen molar-refractivity contribution in [3.8, 4) is 5.75 Å². The van der Waals surface area contributed by atoms with Gasteiger partial charge in [-0.05, 0) is 36.6 Å². The molecule has 0 radical (unpaired) electrons. The van der Waals surface area contributed by atoms with Crippen molar-refractivity contribution in [2.24, 2.45) is 5.92 Å². The molecular formula is C22H25NO5. The molecule has 28 heavy (non-hydrogen) atoms. The summed E-state index contributed by atoms with van der Waals surface area (Å²) in [5.74, 6) is -0.168. The van der Waals surface area contributed by atoms with E-state index in [1.54, 1.807) is 36.4 Å². The van der Waals surface area contributed by atoms with Gasteiger partial charge in [-0.3, -0.25) is 9.59 Å². The number of furan rings is 1. The minimum absolute atomic E-state index is 0.0365. The molecule has 3 rings (SSSR count). The van der Waals surface area contributed by atoms with Crippen molar-refractivity contribution in [1.29, 1.82) is 0 Å². The third-order valence-corrected chi connectivity index (χ3v) is 4.51. The molecule has 1 unspecified atom stereocenters. The van der Waals surface area contributed by atoms with Gasteiger partial charge in [-0.1, -0.05) is 32.9 Å². The van der Waals surface area contributed by atoms with E-state index in [2.05, 4.69) is 0 Å². The lowest BCUT2D eigenvalue weighted by Crippen LogP contribution is -2.30. The van der Waals surface area contributed by atoms with Crippen LogP contribution in [0.4, 0.5) is 0 Å². The maximum atomic E-state index is 12.7. The molecule has 2 heterocycles. The summed E-state index contributed by atoms with van der Waals surface area (Å²) in [5.41, 5.74) is 0.460. The molecule has 6 heteroatoms. The molecule has 6 nitrogen and oxygen atoms in total. The van der Waals surface area contributed by atoms with Crippen LogP contribution in [-0.2, 0) is 9.59 Å². The zero-order chi connectivity index (χ0) is 20.3. The second-order valence-electron chi connectivity index (χ2n) is 7.24. The number of Topliss-reactive ketones (excluding diaryl/α,β-unsaturated/α-hetero) is 1. The first kappa shape index (κ1) is 19.7. The predicted octanol–water partition coefficient (Wildman–Crippen LogP) is 4.15. The van der Waals surface area contributed by atoms with E-state index in [0.29, 0.717) is 42.6 Å². The fraction of sp³-hybridized carbons (Fsp3) is 0.364. The third kappa shape index (κ3) is 3.81. The van der Waals surface area contributed by atoms with E-state index in [9.17, 15) is 14.7 Å². The molecule has 0 saturated carbocycles. The Morgan fingerprint density at radius 2 is 2.04 bits per heavy atom. The number of ketones is 1. The second kappa shape index (κ2) is 8.33. The average Bonchev–Trinajstić information content (AvgIpc) is 3.29. The van der Waals surface area contributed by atoms with Gasteiger partial charge in [-0.15, -0.1) is 0 Å². The van der Waals surface area contributed by atoms with Crippen molar-refractivity contribution < 1.29 is 23.8 Å². The van der Waals surface area contributed by atoms with Crippen LogP contribution in [0.15, 0.2) is 52.7 Å². The highest BCUT2D eigenvalue weighted by Crippen LogP contribution is 2.39. The summed E-state index contributed by atoms with van der Waals surface area (Å²) in [6.07, 6.45) is 2.17. The number of ether oxygens (including phenoxy) is 1. The van der Waals surface area contributed by atoms with E-state index < -0.39 is 17.7 Å². The predicted molar refractivity (Wildman–Crippen MR) is 105 cm³/mol. The van der Waals surface area contributed by atoms with Crippen molar-refractivity contribution in [2.45, 2.75) is 33.2 Å². The Balaban J connectivity index is 2.05. The molecule has 1 aromatic carbocycles. The number of hydrogen-bond donors (Lipinski definition) is 1. The molecule has 1 saturated heterocycles. The summed E-state index contributed by atoms with van der Waals surface area (Å²) in [6, 6.07) is 9.55. The number of aliphatic hydroxyl groups excluding tert-OH is 1. The standard InChI is InChI=1S/C22H25NO5/c1-4-10-23-19(17-9-6-11-27-17)18(21(25)22(23)26)20(24)15-7-5-8-16(12-15)28-13-14(2)3/h5-9,11-12,14,19,24H,4,10,13H2,1-3H3/b20-18-. The van der Waals surface area contributed by atoms with Crippen LogP contribution in [0.3, 0.4) is 0 Å². The van der Waals surface area contributed by atoms with Crippen molar-refractivity contribution in [3.05, 3.63) is 59.6 Å². The molecule has 0 aliphatic carbocycles. The van der Waals surface area contributed by atoms with Crippen LogP contribution in [-0.4, -0.2) is 34.8 Å². The van der Waals surface area contributed by atoms with Crippen LogP contribution >= 0.6 is 0 Å². The minimum atomic E-state index is -0.741. The van der Waals surface area contributed by atoms with E-state index in [1.807, 2.05) is 20.8 Å². The number of rotatable bonds is 7. The van der Waals surface area contributed by atoms with Gasteiger partial charge >= 0.3 is 0 Å². The zero-order valence-corrected chi connectivity index (χ0v) is 16.3. The monoisotopic (exact) mass is 383 g/mol. The molecule has 1 amide bonds. The van der Waals surface area contributed by atoms with E-state index in [1.165, 1.54) is 11.2 Å². The van der Waals surface area contributed by atoms with Gasteiger partial charge in [0, 0.05) is 12.1 Å². The minimum Gasteiger partial charge on any atom is -0.507 e. The Bertz CT molecular complexity index is 882. The molecule has 1 atom stereocenters. The van der Waals surface area contributed by atoms with Crippen LogP contribution in [0.25, 0.3) is 5.76 Å². The van der Waals surface area contributed by atoms with Gasteiger partial charge in [0.15, 0.2) is 0 Å². The number of carbonyl (C=O) groups is 2. The lowest BCUT2D eigenvalue weighted by Gasteiger charge is -2.22. The lowest BCUT2D eigenvalue weighted by atomic mass is 9.99. The third-order valence-electron chi connectivity index (χ3n) is 4.51. The molecule has 1 aromatic heterocycles. The summed E-state index contributed by atoms with van der Waals surface area (Å²) >= 11 is 0. The SMILES string of the molecule is CCCN1C(=O)C(=O)/C(=C(\O)c2cccc(OCC(C)C)c2)C1c1ccco1. The molecular weight excluding hydrogens is 358 g/mol. The largest absolute Gasteiger partial charge is 0.507 e. The fourth-order valence-corrected chi connectivity index (χ4v) is 3.25. The fourth-order valence-electron chi connectivity index (χ4n) is 3.25. The Kier molecular flexibility index (Phi) is 5.87. The molecule has 2 aromatic rings. The van der Waals surface area contributed by atoms with Gasteiger partial charge in [0.05, 0.1) is 18.4 Å². The summed E-state index contributed by atoms with van der Waals surface area (Å²) in [4.78, 5) is 26.7. The number of benzene rings is 1. The first-order chi connectivity index (χ1) is 13.4. The van der Waals surface area contributed by atoms with Crippen molar-refractivity contribution in [3.63, 3.8) is 0 Å². The topological polar surface area (TPSA) is 80.0 Å². The smallest absolute Gasteiger partial charge is 0.295 e. The van der Waals surface area contributed by atoms with Crippen LogP contribution in [0.1, 0.15) is 44.6 Å². The van der Waals surface area contributed by atoms with Crippen LogP contribution in [0.5, 0.6) is 5.75 Å². The zero-order valence-electron chi connectivity index (χ0n) is 16.3. The maximum Gasteiger partial charge on any atom is 0.295 e. The Labute approximate surface area is 164 Å². The summed E-state index contributed by atoms with van der Waals surface area (Å²) in [5, 5.41) is 10.9. The van der Waals surface area contributed by atoms with Crippen molar-refractivity contribution >= 4 is 17.4 Å². The Morgan fingerprint density at radius 3 is 2.68 bits per heavy atom. The highest BCUT2D eigenvalue weighted by Gasteiger charge is 2.47. The summed E-state index contributed by atoms with van der Waals surface area (Å²) in [6.45, 7) is 6.95. The number of hydrogen-bond acceptors (Lipinski definition) is 5. The number of likely N-dealkylation sites (tertiary alicyclic amines) is 1. The number of aliphatic hydroxyl groups is 1. The summed E-state index contributed by atoms with van der Waals surface area (Å²) in [7, 11) is 0.